The zero-order valence-corrected chi connectivity index (χ0v) is 15.5. The summed E-state index contributed by atoms with van der Waals surface area (Å²) >= 11 is 0. The van der Waals surface area contributed by atoms with Crippen LogP contribution in [0.1, 0.15) is 60.8 Å². The van der Waals surface area contributed by atoms with E-state index in [-0.39, 0.29) is 5.41 Å². The van der Waals surface area contributed by atoms with Crippen molar-refractivity contribution >= 4 is 5.96 Å². The number of guanidine groups is 1. The van der Waals surface area contributed by atoms with Crippen LogP contribution < -0.4 is 10.6 Å². The number of rotatable bonds is 4. The largest absolute Gasteiger partial charge is 0.377 e. The summed E-state index contributed by atoms with van der Waals surface area (Å²) in [6.45, 7) is 14.6. The molecule has 128 valence electrons. The highest BCUT2D eigenvalue weighted by molar-refractivity contribution is 5.80. The topological polar surface area (TPSA) is 45.7 Å². The van der Waals surface area contributed by atoms with Crippen LogP contribution in [0, 0.1) is 16.7 Å². The lowest BCUT2D eigenvalue weighted by Crippen LogP contribution is -2.68. The molecule has 0 bridgehead atoms. The number of aliphatic imine (C=N–C) groups is 1. The van der Waals surface area contributed by atoms with Gasteiger partial charge in [-0.3, -0.25) is 4.99 Å². The highest BCUT2D eigenvalue weighted by Gasteiger charge is 2.59. The van der Waals surface area contributed by atoms with Crippen molar-refractivity contribution < 1.29 is 4.74 Å². The molecule has 0 aromatic carbocycles. The number of ether oxygens (including phenoxy) is 1. The molecule has 2 fully saturated rings. The van der Waals surface area contributed by atoms with Crippen LogP contribution in [0.3, 0.4) is 0 Å². The molecule has 0 amide bonds. The van der Waals surface area contributed by atoms with Crippen molar-refractivity contribution in [1.29, 1.82) is 0 Å². The lowest BCUT2D eigenvalue weighted by atomic mass is 9.57. The van der Waals surface area contributed by atoms with Crippen LogP contribution in [0.4, 0.5) is 0 Å². The summed E-state index contributed by atoms with van der Waals surface area (Å²) in [7, 11) is 1.86. The van der Waals surface area contributed by atoms with E-state index in [2.05, 4.69) is 57.2 Å². The second-order valence-corrected chi connectivity index (χ2v) is 8.90. The molecule has 4 atom stereocenters. The molecule has 2 rings (SSSR count). The van der Waals surface area contributed by atoms with Crippen molar-refractivity contribution in [2.45, 2.75) is 79.0 Å². The summed E-state index contributed by atoms with van der Waals surface area (Å²) in [5.41, 5.74) is 0.574. The van der Waals surface area contributed by atoms with Crippen LogP contribution in [0.5, 0.6) is 0 Å². The highest BCUT2D eigenvalue weighted by Crippen LogP contribution is 2.52. The summed E-state index contributed by atoms with van der Waals surface area (Å²) in [6.07, 6.45) is 3.96. The summed E-state index contributed by atoms with van der Waals surface area (Å²) in [6, 6.07) is 0.894. The van der Waals surface area contributed by atoms with Crippen LogP contribution in [-0.2, 0) is 4.74 Å². The highest BCUT2D eigenvalue weighted by atomic mass is 16.5. The third-order valence-corrected chi connectivity index (χ3v) is 5.33. The van der Waals surface area contributed by atoms with E-state index >= 15 is 0 Å². The Morgan fingerprint density at radius 3 is 2.64 bits per heavy atom. The minimum atomic E-state index is 0.188. The Labute approximate surface area is 136 Å². The van der Waals surface area contributed by atoms with E-state index in [1.807, 2.05) is 7.05 Å². The van der Waals surface area contributed by atoms with Gasteiger partial charge in [-0.25, -0.2) is 0 Å². The van der Waals surface area contributed by atoms with Gasteiger partial charge in [0.1, 0.15) is 0 Å². The van der Waals surface area contributed by atoms with E-state index in [1.54, 1.807) is 0 Å². The molecule has 2 aliphatic rings. The minimum Gasteiger partial charge on any atom is -0.377 e. The maximum atomic E-state index is 5.87. The van der Waals surface area contributed by atoms with Crippen LogP contribution in [0.2, 0.25) is 0 Å². The molecule has 1 saturated heterocycles. The molecular formula is C18H35N3O. The van der Waals surface area contributed by atoms with Gasteiger partial charge in [0, 0.05) is 37.1 Å². The molecule has 1 aliphatic carbocycles. The normalized spacial score (nSPS) is 32.1. The average molecular weight is 309 g/mol. The smallest absolute Gasteiger partial charge is 0.191 e. The predicted octanol–water partition coefficient (Wildman–Crippen LogP) is 3.18. The van der Waals surface area contributed by atoms with Gasteiger partial charge < -0.3 is 15.4 Å². The monoisotopic (exact) mass is 309 g/mol. The maximum Gasteiger partial charge on any atom is 0.191 e. The van der Waals surface area contributed by atoms with Gasteiger partial charge in [0.05, 0.1) is 6.10 Å². The number of hydrogen-bond donors (Lipinski definition) is 2. The fraction of sp³-hybridized carbons (Fsp3) is 0.944. The molecule has 4 heteroatoms. The molecular weight excluding hydrogens is 274 g/mol. The molecule has 4 nitrogen and oxygen atoms in total. The van der Waals surface area contributed by atoms with E-state index in [0.717, 1.165) is 19.0 Å². The predicted molar refractivity (Wildman–Crippen MR) is 93.2 cm³/mol. The molecule has 4 unspecified atom stereocenters. The Morgan fingerprint density at radius 1 is 1.36 bits per heavy atom. The summed E-state index contributed by atoms with van der Waals surface area (Å²) < 4.78 is 5.87. The first-order chi connectivity index (χ1) is 10.1. The minimum absolute atomic E-state index is 0.188. The first-order valence-electron chi connectivity index (χ1n) is 8.76. The van der Waals surface area contributed by atoms with Crippen molar-refractivity contribution in [1.82, 2.24) is 10.6 Å². The van der Waals surface area contributed by atoms with Crippen LogP contribution >= 0.6 is 0 Å². The molecule has 0 spiro atoms. The second-order valence-electron chi connectivity index (χ2n) is 8.90. The lowest BCUT2D eigenvalue weighted by molar-refractivity contribution is -0.106. The molecule has 0 aromatic heterocycles. The standard InChI is InChI=1S/C18H35N3O/c1-12(8-10-17(2,3)4)20-16(19-7)21-14-13-9-11-22-15(13)18(14,5)6/h12-15H,8-11H2,1-7H3,(H2,19,20,21). The third kappa shape index (κ3) is 3.76. The Morgan fingerprint density at radius 2 is 2.05 bits per heavy atom. The first kappa shape index (κ1) is 17.6. The molecule has 2 N–H and O–H groups in total. The SMILES string of the molecule is CN=C(NC(C)CCC(C)(C)C)NC1C2CCOC2C1(C)C. The fourth-order valence-corrected chi connectivity index (χ4v) is 3.89. The average Bonchev–Trinajstić information content (AvgIpc) is 2.87. The van der Waals surface area contributed by atoms with Gasteiger partial charge in [0.2, 0.25) is 0 Å². The molecule has 22 heavy (non-hydrogen) atoms. The maximum absolute atomic E-state index is 5.87. The Balaban J connectivity index is 1.85. The van der Waals surface area contributed by atoms with E-state index in [4.69, 9.17) is 4.74 Å². The van der Waals surface area contributed by atoms with Crippen molar-refractivity contribution in [2.24, 2.45) is 21.7 Å². The van der Waals surface area contributed by atoms with E-state index in [0.29, 0.717) is 29.5 Å². The van der Waals surface area contributed by atoms with Crippen molar-refractivity contribution in [2.75, 3.05) is 13.7 Å². The molecule has 0 aromatic rings. The number of nitrogens with one attached hydrogen (secondary N) is 2. The quantitative estimate of drug-likeness (QED) is 0.619. The zero-order chi connectivity index (χ0) is 16.5. The van der Waals surface area contributed by atoms with Gasteiger partial charge in [-0.1, -0.05) is 34.6 Å². The number of nitrogens with zero attached hydrogens (tertiary/aromatic N) is 1. The Bertz CT molecular complexity index is 411. The van der Waals surface area contributed by atoms with Crippen molar-refractivity contribution in [3.8, 4) is 0 Å². The van der Waals surface area contributed by atoms with Gasteiger partial charge in [0.25, 0.3) is 0 Å². The zero-order valence-electron chi connectivity index (χ0n) is 15.5. The van der Waals surface area contributed by atoms with Gasteiger partial charge in [-0.05, 0) is 31.6 Å². The van der Waals surface area contributed by atoms with Gasteiger partial charge >= 0.3 is 0 Å². The second kappa shape index (κ2) is 6.38. The number of hydrogen-bond acceptors (Lipinski definition) is 2. The third-order valence-electron chi connectivity index (χ3n) is 5.33. The van der Waals surface area contributed by atoms with Crippen LogP contribution in [0.15, 0.2) is 4.99 Å². The summed E-state index contributed by atoms with van der Waals surface area (Å²) in [4.78, 5) is 4.43. The van der Waals surface area contributed by atoms with Gasteiger partial charge in [0.15, 0.2) is 5.96 Å². The fourth-order valence-electron chi connectivity index (χ4n) is 3.89. The lowest BCUT2D eigenvalue weighted by Gasteiger charge is -2.55. The van der Waals surface area contributed by atoms with E-state index in [1.165, 1.54) is 12.8 Å². The van der Waals surface area contributed by atoms with Crippen LogP contribution in [0.25, 0.3) is 0 Å². The van der Waals surface area contributed by atoms with Gasteiger partial charge in [-0.15, -0.1) is 0 Å². The number of fused-ring (bicyclic) bond motifs is 1. The molecule has 1 aliphatic heterocycles. The van der Waals surface area contributed by atoms with Crippen molar-refractivity contribution in [3.05, 3.63) is 0 Å². The Hall–Kier alpha value is -0.770. The van der Waals surface area contributed by atoms with Crippen LogP contribution in [-0.4, -0.2) is 37.8 Å². The summed E-state index contributed by atoms with van der Waals surface area (Å²) in [5, 5.41) is 7.21. The molecule has 1 saturated carbocycles. The van der Waals surface area contributed by atoms with E-state index in [9.17, 15) is 0 Å². The van der Waals surface area contributed by atoms with E-state index < -0.39 is 0 Å². The van der Waals surface area contributed by atoms with Gasteiger partial charge in [-0.2, -0.15) is 0 Å². The molecule has 1 heterocycles. The van der Waals surface area contributed by atoms with Crippen molar-refractivity contribution in [3.63, 3.8) is 0 Å². The molecule has 0 radical (unpaired) electrons. The summed E-state index contributed by atoms with van der Waals surface area (Å²) in [5.74, 6) is 1.57. The Kier molecular flexibility index (Phi) is 5.10. The first-order valence-corrected chi connectivity index (χ1v) is 8.76.